The molecule has 0 saturated carbocycles. The Hall–Kier alpha value is -0.380. The van der Waals surface area contributed by atoms with Gasteiger partial charge in [-0.1, -0.05) is 12.5 Å². The van der Waals surface area contributed by atoms with Crippen LogP contribution in [0.15, 0.2) is 22.5 Å². The van der Waals surface area contributed by atoms with E-state index in [0.717, 1.165) is 30.5 Å². The van der Waals surface area contributed by atoms with E-state index in [0.29, 0.717) is 6.54 Å². The van der Waals surface area contributed by atoms with E-state index in [4.69, 9.17) is 0 Å². The number of thiophene rings is 1. The Morgan fingerprint density at radius 3 is 2.71 bits per heavy atom. The summed E-state index contributed by atoms with van der Waals surface area (Å²) >= 11 is 1.56. The third kappa shape index (κ3) is 7.25. The molecule has 1 saturated heterocycles. The molecular formula is C17H31IN4OS. The summed E-state index contributed by atoms with van der Waals surface area (Å²) in [7, 11) is 0. The zero-order valence-corrected chi connectivity index (χ0v) is 17.9. The molecule has 0 aromatic carbocycles. The fraction of sp³-hybridized carbons (Fsp3) is 0.706. The second-order valence-electron chi connectivity index (χ2n) is 6.28. The quantitative estimate of drug-likeness (QED) is 0.329. The van der Waals surface area contributed by atoms with E-state index in [1.54, 1.807) is 11.3 Å². The normalized spacial score (nSPS) is 18.5. The largest absolute Gasteiger partial charge is 0.383 e. The minimum Gasteiger partial charge on any atom is -0.383 e. The van der Waals surface area contributed by atoms with Gasteiger partial charge in [0.15, 0.2) is 5.96 Å². The van der Waals surface area contributed by atoms with Crippen LogP contribution in [0.1, 0.15) is 38.0 Å². The number of likely N-dealkylation sites (tertiary alicyclic amines) is 1. The minimum atomic E-state index is -0.913. The number of nitrogens with one attached hydrogen (secondary N) is 2. The molecule has 3 N–H and O–H groups in total. The van der Waals surface area contributed by atoms with Crippen LogP contribution < -0.4 is 10.6 Å². The van der Waals surface area contributed by atoms with Crippen molar-refractivity contribution in [1.82, 2.24) is 15.5 Å². The molecule has 138 valence electrons. The van der Waals surface area contributed by atoms with E-state index in [-0.39, 0.29) is 24.0 Å². The third-order valence-corrected chi connectivity index (χ3v) is 5.23. The molecule has 0 radical (unpaired) electrons. The molecule has 0 aliphatic carbocycles. The van der Waals surface area contributed by atoms with Crippen LogP contribution >= 0.6 is 35.3 Å². The maximum absolute atomic E-state index is 10.6. The molecule has 24 heavy (non-hydrogen) atoms. The summed E-state index contributed by atoms with van der Waals surface area (Å²) in [5.41, 5.74) is -0.913. The van der Waals surface area contributed by atoms with Crippen LogP contribution in [0.3, 0.4) is 0 Å². The van der Waals surface area contributed by atoms with E-state index < -0.39 is 5.60 Å². The molecule has 0 amide bonds. The summed E-state index contributed by atoms with van der Waals surface area (Å²) < 4.78 is 0. The van der Waals surface area contributed by atoms with E-state index >= 15 is 0 Å². The van der Waals surface area contributed by atoms with Crippen LogP contribution in [-0.2, 0) is 5.60 Å². The average molecular weight is 466 g/mol. The van der Waals surface area contributed by atoms with Gasteiger partial charge in [0.25, 0.3) is 0 Å². The van der Waals surface area contributed by atoms with Gasteiger partial charge in [0.2, 0.25) is 0 Å². The minimum absolute atomic E-state index is 0. The Kier molecular flexibility index (Phi) is 10.2. The Morgan fingerprint density at radius 1 is 1.33 bits per heavy atom. The van der Waals surface area contributed by atoms with Crippen molar-refractivity contribution in [1.29, 1.82) is 0 Å². The van der Waals surface area contributed by atoms with Gasteiger partial charge in [-0.15, -0.1) is 35.3 Å². The Bertz CT molecular complexity index is 473. The molecule has 1 aliphatic heterocycles. The predicted octanol–water partition coefficient (Wildman–Crippen LogP) is 2.61. The van der Waals surface area contributed by atoms with Crippen molar-refractivity contribution < 1.29 is 5.11 Å². The monoisotopic (exact) mass is 466 g/mol. The second-order valence-corrected chi connectivity index (χ2v) is 7.22. The molecule has 1 aromatic rings. The highest BCUT2D eigenvalue weighted by molar-refractivity contribution is 14.0. The molecule has 5 nitrogen and oxygen atoms in total. The van der Waals surface area contributed by atoms with Crippen LogP contribution in [0.25, 0.3) is 0 Å². The highest BCUT2D eigenvalue weighted by Gasteiger charge is 2.24. The Balaban J connectivity index is 0.00000288. The van der Waals surface area contributed by atoms with Crippen LogP contribution in [-0.4, -0.2) is 55.2 Å². The smallest absolute Gasteiger partial charge is 0.191 e. The second kappa shape index (κ2) is 11.3. The fourth-order valence-electron chi connectivity index (χ4n) is 2.75. The van der Waals surface area contributed by atoms with Crippen LogP contribution in [0.4, 0.5) is 0 Å². The van der Waals surface area contributed by atoms with E-state index in [1.165, 1.54) is 32.4 Å². The maximum Gasteiger partial charge on any atom is 0.191 e. The first-order chi connectivity index (χ1) is 11.1. The molecule has 0 spiro atoms. The fourth-order valence-corrected chi connectivity index (χ4v) is 3.53. The van der Waals surface area contributed by atoms with Crippen LogP contribution in [0, 0.1) is 0 Å². The number of aliphatic imine (C=N–C) groups is 1. The van der Waals surface area contributed by atoms with Gasteiger partial charge >= 0.3 is 0 Å². The van der Waals surface area contributed by atoms with Gasteiger partial charge in [-0.3, -0.25) is 0 Å². The highest BCUT2D eigenvalue weighted by atomic mass is 127. The standard InChI is InChI=1S/C17H30N4OS.HI/c1-3-18-16(19-9-12-21-10-5-4-6-11-21)20-14-17(2,22)15-8-7-13-23-15;/h7-8,13,22H,3-6,9-12,14H2,1-2H3,(H2,18,19,20);1H. The highest BCUT2D eigenvalue weighted by Crippen LogP contribution is 2.25. The lowest BCUT2D eigenvalue weighted by Gasteiger charge is -2.26. The SMILES string of the molecule is CCNC(=NCC(C)(O)c1cccs1)NCCN1CCCCC1.I. The zero-order chi connectivity index (χ0) is 16.5. The number of rotatable bonds is 7. The maximum atomic E-state index is 10.6. The van der Waals surface area contributed by atoms with Crippen LogP contribution in [0.2, 0.25) is 0 Å². The summed E-state index contributed by atoms with van der Waals surface area (Å²) in [6.45, 7) is 9.39. The van der Waals surface area contributed by atoms with Crippen molar-refractivity contribution in [2.75, 3.05) is 39.3 Å². The Morgan fingerprint density at radius 2 is 2.08 bits per heavy atom. The van der Waals surface area contributed by atoms with Crippen molar-refractivity contribution >= 4 is 41.3 Å². The molecule has 2 heterocycles. The first-order valence-electron chi connectivity index (χ1n) is 8.63. The molecule has 2 rings (SSSR count). The summed E-state index contributed by atoms with van der Waals surface area (Å²) in [6, 6.07) is 3.91. The van der Waals surface area contributed by atoms with Crippen LogP contribution in [0.5, 0.6) is 0 Å². The van der Waals surface area contributed by atoms with E-state index in [9.17, 15) is 5.11 Å². The summed E-state index contributed by atoms with van der Waals surface area (Å²) in [5.74, 6) is 0.779. The molecule has 1 unspecified atom stereocenters. The van der Waals surface area contributed by atoms with Gasteiger partial charge < -0.3 is 20.6 Å². The third-order valence-electron chi connectivity index (χ3n) is 4.11. The topological polar surface area (TPSA) is 59.9 Å². The molecule has 1 aliphatic rings. The number of hydrogen-bond acceptors (Lipinski definition) is 4. The van der Waals surface area contributed by atoms with Gasteiger partial charge in [0, 0.05) is 24.5 Å². The number of aliphatic hydroxyl groups is 1. The number of hydrogen-bond donors (Lipinski definition) is 3. The van der Waals surface area contributed by atoms with Crippen molar-refractivity contribution in [2.45, 2.75) is 38.7 Å². The number of guanidine groups is 1. The first kappa shape index (κ1) is 21.7. The molecule has 7 heteroatoms. The number of piperidine rings is 1. The molecule has 1 aromatic heterocycles. The summed E-state index contributed by atoms with van der Waals surface area (Å²) in [5, 5.41) is 19.2. The van der Waals surface area contributed by atoms with Gasteiger partial charge in [0.05, 0.1) is 6.54 Å². The predicted molar refractivity (Wildman–Crippen MR) is 114 cm³/mol. The van der Waals surface area contributed by atoms with E-state index in [2.05, 4.69) is 27.4 Å². The number of nitrogens with zero attached hydrogens (tertiary/aromatic N) is 2. The van der Waals surface area contributed by atoms with Crippen molar-refractivity contribution in [3.63, 3.8) is 0 Å². The van der Waals surface area contributed by atoms with Crippen molar-refractivity contribution in [2.24, 2.45) is 4.99 Å². The molecular weight excluding hydrogens is 435 g/mol. The van der Waals surface area contributed by atoms with Gasteiger partial charge in [-0.05, 0) is 51.2 Å². The van der Waals surface area contributed by atoms with Gasteiger partial charge in [0.1, 0.15) is 5.60 Å². The van der Waals surface area contributed by atoms with Gasteiger partial charge in [-0.25, -0.2) is 4.99 Å². The molecule has 0 bridgehead atoms. The van der Waals surface area contributed by atoms with E-state index in [1.807, 2.05) is 24.4 Å². The average Bonchev–Trinajstić information content (AvgIpc) is 3.09. The lowest BCUT2D eigenvalue weighted by atomic mass is 10.1. The lowest BCUT2D eigenvalue weighted by molar-refractivity contribution is 0.0711. The van der Waals surface area contributed by atoms with Crippen molar-refractivity contribution in [3.8, 4) is 0 Å². The first-order valence-corrected chi connectivity index (χ1v) is 9.50. The molecule has 1 atom stereocenters. The summed E-state index contributed by atoms with van der Waals surface area (Å²) in [6.07, 6.45) is 4.00. The van der Waals surface area contributed by atoms with Crippen molar-refractivity contribution in [3.05, 3.63) is 22.4 Å². The van der Waals surface area contributed by atoms with Gasteiger partial charge in [-0.2, -0.15) is 0 Å². The Labute approximate surface area is 167 Å². The lowest BCUT2D eigenvalue weighted by Crippen LogP contribution is -2.43. The number of halogens is 1. The zero-order valence-electron chi connectivity index (χ0n) is 14.8. The molecule has 1 fully saturated rings. The summed E-state index contributed by atoms with van der Waals surface area (Å²) in [4.78, 5) is 8.01.